The van der Waals surface area contributed by atoms with Crippen LogP contribution in [0.4, 0.5) is 0 Å². The minimum Gasteiger partial charge on any atom is -0.385 e. The van der Waals surface area contributed by atoms with Gasteiger partial charge < -0.3 is 5.11 Å². The number of aliphatic hydroxyl groups is 1. The Bertz CT molecular complexity index is 609. The third-order valence-corrected chi connectivity index (χ3v) is 8.55. The van der Waals surface area contributed by atoms with Crippen molar-refractivity contribution in [3.8, 4) is 0 Å². The zero-order chi connectivity index (χ0) is 17.1. The van der Waals surface area contributed by atoms with Gasteiger partial charge in [-0.15, -0.1) is 0 Å². The zero-order valence-corrected chi connectivity index (χ0v) is 17.0. The minimum atomic E-state index is -0.623. The first kappa shape index (κ1) is 17.3. The summed E-state index contributed by atoms with van der Waals surface area (Å²) in [5.41, 5.74) is 0.849. The Hall–Kier alpha value is -0.160. The van der Waals surface area contributed by atoms with Crippen molar-refractivity contribution in [2.45, 2.75) is 64.4 Å². The molecule has 0 spiro atoms. The molecule has 0 aromatic carbocycles. The maximum absolute atomic E-state index is 11.9. The zero-order valence-electron chi connectivity index (χ0n) is 14.8. The highest BCUT2D eigenvalue weighted by molar-refractivity contribution is 14.1. The van der Waals surface area contributed by atoms with Gasteiger partial charge in [0.05, 0.1) is 5.60 Å². The summed E-state index contributed by atoms with van der Waals surface area (Å²) in [5.74, 6) is 3.70. The first-order valence-corrected chi connectivity index (χ1v) is 10.9. The van der Waals surface area contributed by atoms with E-state index in [0.717, 1.165) is 50.4 Å². The van der Waals surface area contributed by atoms with Gasteiger partial charge >= 0.3 is 0 Å². The van der Waals surface area contributed by atoms with E-state index in [1.807, 2.05) is 10.2 Å². The van der Waals surface area contributed by atoms with Gasteiger partial charge in [0.2, 0.25) is 0 Å². The summed E-state index contributed by atoms with van der Waals surface area (Å²) >= 11 is 2.24. The third kappa shape index (κ3) is 2.33. The number of fused-ring (bicyclic) bond motifs is 5. The van der Waals surface area contributed by atoms with Gasteiger partial charge in [0, 0.05) is 11.8 Å². The highest BCUT2D eigenvalue weighted by atomic mass is 127. The van der Waals surface area contributed by atoms with E-state index in [1.54, 1.807) is 0 Å². The van der Waals surface area contributed by atoms with Crippen molar-refractivity contribution in [1.29, 1.82) is 0 Å². The average molecular weight is 440 g/mol. The standard InChI is InChI=1S/C21H29IO2/c1-13-11-14-12-15(23)3-4-16(14)17-5-7-20(2)18(19(13)17)6-8-21(20,24)9-10-22/h9-10,12-13,16-19,24H,3-8,11H2,1-2H3/b10-9-/t13-,16+,17-,18+,19-,20+,21-/m1/s1. The van der Waals surface area contributed by atoms with Crippen molar-refractivity contribution in [3.63, 3.8) is 0 Å². The smallest absolute Gasteiger partial charge is 0.155 e. The van der Waals surface area contributed by atoms with Gasteiger partial charge in [0.1, 0.15) is 0 Å². The van der Waals surface area contributed by atoms with E-state index < -0.39 is 5.60 Å². The number of hydrogen-bond acceptors (Lipinski definition) is 2. The molecule has 1 N–H and O–H groups in total. The molecule has 0 amide bonds. The Balaban J connectivity index is 1.68. The number of rotatable bonds is 1. The van der Waals surface area contributed by atoms with Crippen LogP contribution in [0.1, 0.15) is 58.8 Å². The van der Waals surface area contributed by atoms with Gasteiger partial charge in [-0.2, -0.15) is 0 Å². The van der Waals surface area contributed by atoms with Gasteiger partial charge in [-0.05, 0) is 84.3 Å². The number of carbonyl (C=O) groups excluding carboxylic acids is 1. The fraction of sp³-hybridized carbons (Fsp3) is 0.762. The largest absolute Gasteiger partial charge is 0.385 e. The molecule has 0 saturated heterocycles. The van der Waals surface area contributed by atoms with E-state index in [2.05, 4.69) is 42.5 Å². The molecule has 0 aliphatic heterocycles. The molecule has 7 atom stereocenters. The Morgan fingerprint density at radius 1 is 1.29 bits per heavy atom. The summed E-state index contributed by atoms with van der Waals surface area (Å²) in [6.07, 6.45) is 11.4. The van der Waals surface area contributed by atoms with Gasteiger partial charge in [0.25, 0.3) is 0 Å². The molecular weight excluding hydrogens is 411 g/mol. The molecule has 4 rings (SSSR count). The van der Waals surface area contributed by atoms with Crippen LogP contribution >= 0.6 is 22.6 Å². The lowest BCUT2D eigenvalue weighted by Crippen LogP contribution is -2.53. The molecule has 0 bridgehead atoms. The SMILES string of the molecule is C[C@@H]1CC2=CC(=O)CC[C@@H]2[C@H]2CC[C@@]3(C)[C@@H](CC[C@@]3(O)/C=C\I)[C@@H]21. The molecule has 24 heavy (non-hydrogen) atoms. The van der Waals surface area contributed by atoms with Crippen LogP contribution in [0.5, 0.6) is 0 Å². The second-order valence-corrected chi connectivity index (χ2v) is 9.79. The summed E-state index contributed by atoms with van der Waals surface area (Å²) in [7, 11) is 0. The molecule has 0 unspecified atom stereocenters. The van der Waals surface area contributed by atoms with Crippen LogP contribution in [0.25, 0.3) is 0 Å². The van der Waals surface area contributed by atoms with Crippen LogP contribution in [0.15, 0.2) is 21.8 Å². The lowest BCUT2D eigenvalue weighted by molar-refractivity contribution is -0.118. The fourth-order valence-electron chi connectivity index (χ4n) is 7.02. The first-order chi connectivity index (χ1) is 11.4. The average Bonchev–Trinajstić information content (AvgIpc) is 2.79. The molecule has 2 nitrogen and oxygen atoms in total. The normalized spacial score (nSPS) is 51.1. The van der Waals surface area contributed by atoms with Crippen molar-refractivity contribution in [3.05, 3.63) is 21.8 Å². The summed E-state index contributed by atoms with van der Waals surface area (Å²) < 4.78 is 2.01. The number of halogens is 1. The molecule has 0 aromatic heterocycles. The number of ketones is 1. The van der Waals surface area contributed by atoms with Gasteiger partial charge in [-0.25, -0.2) is 0 Å². The van der Waals surface area contributed by atoms with Crippen molar-refractivity contribution >= 4 is 28.4 Å². The molecule has 132 valence electrons. The van der Waals surface area contributed by atoms with Crippen molar-refractivity contribution < 1.29 is 9.90 Å². The highest BCUT2D eigenvalue weighted by Gasteiger charge is 2.62. The fourth-order valence-corrected chi connectivity index (χ4v) is 7.61. The van der Waals surface area contributed by atoms with Gasteiger partial charge in [-0.3, -0.25) is 4.79 Å². The van der Waals surface area contributed by atoms with E-state index >= 15 is 0 Å². The minimum absolute atomic E-state index is 0.0236. The third-order valence-electron chi connectivity index (χ3n) is 8.19. The van der Waals surface area contributed by atoms with Crippen LogP contribution in [-0.2, 0) is 4.79 Å². The number of hydrogen-bond donors (Lipinski definition) is 1. The van der Waals surface area contributed by atoms with Crippen LogP contribution in [0, 0.1) is 35.0 Å². The van der Waals surface area contributed by atoms with Crippen molar-refractivity contribution in [2.24, 2.45) is 35.0 Å². The molecule has 3 saturated carbocycles. The Morgan fingerprint density at radius 3 is 2.83 bits per heavy atom. The van der Waals surface area contributed by atoms with Crippen LogP contribution in [0.2, 0.25) is 0 Å². The van der Waals surface area contributed by atoms with Crippen molar-refractivity contribution in [2.75, 3.05) is 0 Å². The highest BCUT2D eigenvalue weighted by Crippen LogP contribution is 2.66. The Labute approximate surface area is 159 Å². The topological polar surface area (TPSA) is 37.3 Å². The number of allylic oxidation sites excluding steroid dienone is 1. The molecule has 0 aromatic rings. The van der Waals surface area contributed by atoms with Crippen LogP contribution < -0.4 is 0 Å². The molecule has 4 aliphatic rings. The second-order valence-electron chi connectivity index (χ2n) is 9.07. The maximum Gasteiger partial charge on any atom is 0.155 e. The van der Waals surface area contributed by atoms with Gasteiger partial charge in [-0.1, -0.05) is 42.0 Å². The van der Waals surface area contributed by atoms with E-state index in [-0.39, 0.29) is 5.41 Å². The molecule has 3 fully saturated rings. The van der Waals surface area contributed by atoms with Gasteiger partial charge in [0.15, 0.2) is 5.78 Å². The molecule has 4 aliphatic carbocycles. The first-order valence-electron chi connectivity index (χ1n) is 9.63. The number of carbonyl (C=O) groups is 1. The van der Waals surface area contributed by atoms with Crippen LogP contribution in [-0.4, -0.2) is 16.5 Å². The Morgan fingerprint density at radius 2 is 2.08 bits per heavy atom. The van der Waals surface area contributed by atoms with E-state index in [4.69, 9.17) is 0 Å². The quantitative estimate of drug-likeness (QED) is 0.580. The van der Waals surface area contributed by atoms with Crippen LogP contribution in [0.3, 0.4) is 0 Å². The molecular formula is C21H29IO2. The van der Waals surface area contributed by atoms with E-state index in [9.17, 15) is 9.90 Å². The summed E-state index contributed by atoms with van der Waals surface area (Å²) in [6.45, 7) is 4.74. The Kier molecular flexibility index (Phi) is 4.27. The van der Waals surface area contributed by atoms with E-state index in [0.29, 0.717) is 23.5 Å². The van der Waals surface area contributed by atoms with Crippen molar-refractivity contribution in [1.82, 2.24) is 0 Å². The second kappa shape index (κ2) is 5.94. The molecule has 3 heteroatoms. The summed E-state index contributed by atoms with van der Waals surface area (Å²) in [4.78, 5) is 11.9. The molecule has 0 radical (unpaired) electrons. The monoisotopic (exact) mass is 440 g/mol. The summed E-state index contributed by atoms with van der Waals surface area (Å²) in [6, 6.07) is 0. The maximum atomic E-state index is 11.9. The van der Waals surface area contributed by atoms with E-state index in [1.165, 1.54) is 12.0 Å². The molecule has 0 heterocycles. The lowest BCUT2D eigenvalue weighted by Gasteiger charge is -2.57. The predicted molar refractivity (Wildman–Crippen MR) is 105 cm³/mol. The summed E-state index contributed by atoms with van der Waals surface area (Å²) in [5, 5.41) is 11.3. The lowest BCUT2D eigenvalue weighted by atomic mass is 9.48. The predicted octanol–water partition coefficient (Wildman–Crippen LogP) is 5.05.